The Morgan fingerprint density at radius 2 is 0.806 bits per heavy atom. The number of Topliss-reactive ketones (excluding diaryl/α,β-unsaturated/α-hetero) is 4. The summed E-state index contributed by atoms with van der Waals surface area (Å²) in [6.45, 7) is 33.9. The van der Waals surface area contributed by atoms with Gasteiger partial charge in [-0.15, -0.1) is 11.8 Å². The second kappa shape index (κ2) is 38.9. The predicted molar refractivity (Wildman–Crippen MR) is 517 cm³/mol. The number of carbonyl (C=O) groups excluding carboxylic acids is 5. The summed E-state index contributed by atoms with van der Waals surface area (Å²) in [7, 11) is 2.80. The van der Waals surface area contributed by atoms with Crippen LogP contribution in [0.5, 0.6) is 0 Å². The van der Waals surface area contributed by atoms with Crippen LogP contribution in [0.4, 0.5) is 5.69 Å². The number of carbonyl (C=O) groups is 5. The molecule has 37 atom stereocenters. The van der Waals surface area contributed by atoms with E-state index < -0.39 is 33.2 Å². The van der Waals surface area contributed by atoms with Crippen LogP contribution < -0.4 is 0 Å². The maximum Gasteiger partial charge on any atom is 0.341 e. The second-order valence-corrected chi connectivity index (χ2v) is 52.3. The van der Waals surface area contributed by atoms with Crippen LogP contribution in [0, 0.1) is 204 Å². The smallest absolute Gasteiger partial charge is 0.341 e. The lowest BCUT2D eigenvalue weighted by molar-refractivity contribution is -0.490. The molecule has 2 unspecified atom stereocenters. The Morgan fingerprint density at radius 3 is 1.16 bits per heavy atom. The molecule has 4 heterocycles. The molecule has 16 aliphatic rings. The quantitative estimate of drug-likeness (QED) is 0.0210. The summed E-state index contributed by atoms with van der Waals surface area (Å²) in [5, 5.41) is 71.4. The molecule has 16 fully saturated rings. The molecule has 0 spiro atoms. The lowest BCUT2D eigenvalue weighted by Gasteiger charge is -2.57. The maximum absolute atomic E-state index is 13.7. The predicted octanol–water partition coefficient (Wildman–Crippen LogP) is 18.9. The van der Waals surface area contributed by atoms with E-state index in [4.69, 9.17) is 11.3 Å². The van der Waals surface area contributed by atoms with Crippen molar-refractivity contribution in [1.29, 1.82) is 0 Å². The van der Waals surface area contributed by atoms with E-state index >= 15 is 0 Å². The Balaban J connectivity index is 0.000000125. The fourth-order valence-corrected chi connectivity index (χ4v) is 37.1. The van der Waals surface area contributed by atoms with E-state index in [1.54, 1.807) is 56.9 Å². The van der Waals surface area contributed by atoms with Crippen molar-refractivity contribution in [2.24, 2.45) is 187 Å². The van der Waals surface area contributed by atoms with Gasteiger partial charge in [0.25, 0.3) is 0 Å². The largest absolute Gasteiger partial charge is 0.461 e. The molecule has 0 aliphatic heterocycles. The standard InChI is InChI=1S/C30H47N3O4.C26H36N4O4.C26H40N2O3S.C26H40N2O2S/c1-19-14-25(26(34)18-33-17-21(16-31-33)28(35)37-13-12-32(4)5)30(3)11-9-23-22-8-10-29(2,36)15-20(22)6-7-24(23)27(19)30;1-25(32)8-6-19-16(11-25)4-5-21-20(19)7-9-26(2)22(10-17(24(21)26)13-30(33)34)23(31)15-29-14-18(27-3)12-28-29;1-16-11-22(23(29)15-28-14-18(13-27-28)32(4)31)26(3)10-8-20-19-7-9-25(2,30)12-17(19)5-6-21(20)24(16)26;1-16-11-22(23(29)15-28-14-18(31-4)13-27-28)26(3)10-8-20-19-7-9-25(2,30)12-17(19)5-6-21(20)24(16)26/h16-17,19-20,22-25,27,36H,6-15,18H2,1-5H3;12,14,16-17,19-22,24,32H,4-11,13,15H2,1-2H3;13-14,16-17,19-22,24,30H,5-12,15H2,1-4H3;13-14,16-17,19-22,24,30H,5-12,15H2,1-4H3/t19-,20-,22+,23-,24-,25-,27+,29-,30-;16-,17?,19+,20-,21-,22-,24+,25-,26-;16-,17-,19+,20-,21-,22-,24+,25-,26-,32?;16-,17-,19+,20-,21-,22-,24+,25-,26-/m1111/s1. The van der Waals surface area contributed by atoms with Crippen LogP contribution in [0.25, 0.3) is 4.85 Å². The highest BCUT2D eigenvalue weighted by atomic mass is 32.2. The van der Waals surface area contributed by atoms with Gasteiger partial charge in [-0.05, 0) is 411 Å². The number of aliphatic hydroxyl groups is 4. The Hall–Kier alpha value is -5.82. The molecule has 16 aliphatic carbocycles. The van der Waals surface area contributed by atoms with Crippen LogP contribution >= 0.6 is 11.8 Å². The molecular weight excluding hydrogens is 1720 g/mol. The zero-order valence-corrected chi connectivity index (χ0v) is 85.2. The number of ether oxygens (including phenoxy) is 1. The first-order valence-corrected chi connectivity index (χ1v) is 55.5. The molecule has 0 aromatic carbocycles. The van der Waals surface area contributed by atoms with E-state index in [9.17, 15) is 58.7 Å². The number of hydrogen-bond acceptors (Lipinski definition) is 19. The number of nitro groups is 1. The second-order valence-electron chi connectivity index (χ2n) is 50.1. The number of fused-ring (bicyclic) bond motifs is 20. The third-order valence-electron chi connectivity index (χ3n) is 41.4. The van der Waals surface area contributed by atoms with Crippen molar-refractivity contribution < 1.29 is 58.3 Å². The van der Waals surface area contributed by atoms with E-state index in [1.165, 1.54) is 89.4 Å². The van der Waals surface area contributed by atoms with Crippen molar-refractivity contribution >= 4 is 57.4 Å². The molecular formula is C108H163N11O13S2. The molecule has 4 aromatic heterocycles. The van der Waals surface area contributed by atoms with Crippen molar-refractivity contribution in [2.45, 2.75) is 340 Å². The highest BCUT2D eigenvalue weighted by molar-refractivity contribution is 7.98. The molecule has 4 aromatic rings. The summed E-state index contributed by atoms with van der Waals surface area (Å²) < 4.78 is 23.7. The summed E-state index contributed by atoms with van der Waals surface area (Å²) in [6, 6.07) is 0. The van der Waals surface area contributed by atoms with E-state index in [0.717, 1.165) is 174 Å². The molecule has 134 heavy (non-hydrogen) atoms. The van der Waals surface area contributed by atoms with Gasteiger partial charge >= 0.3 is 5.97 Å². The maximum atomic E-state index is 13.7. The first-order valence-electron chi connectivity index (χ1n) is 52.7. The average molecular weight is 1890 g/mol. The molecule has 20 rings (SSSR count). The number of esters is 1. The Bertz CT molecular complexity index is 4960. The molecule has 0 saturated heterocycles. The van der Waals surface area contributed by atoms with Crippen LogP contribution in [0.3, 0.4) is 0 Å². The monoisotopic (exact) mass is 1890 g/mol. The first kappa shape index (κ1) is 99.7. The van der Waals surface area contributed by atoms with Crippen LogP contribution in [0.1, 0.15) is 292 Å². The number of aromatic nitrogens is 8. The minimum Gasteiger partial charge on any atom is -0.461 e. The van der Waals surface area contributed by atoms with Gasteiger partial charge in [-0.2, -0.15) is 20.4 Å². The molecule has 26 heteroatoms. The molecule has 24 nitrogen and oxygen atoms in total. The molecule has 0 bridgehead atoms. The fourth-order valence-electron chi connectivity index (χ4n) is 36.3. The third kappa shape index (κ3) is 19.8. The van der Waals surface area contributed by atoms with E-state index in [0.29, 0.717) is 143 Å². The fraction of sp³-hybridized carbons (Fsp3) is 0.833. The number of thioether (sulfide) groups is 1. The van der Waals surface area contributed by atoms with Gasteiger partial charge in [-0.3, -0.25) is 52.2 Å². The number of hydrogen-bond donors (Lipinski definition) is 4. The van der Waals surface area contributed by atoms with Gasteiger partial charge in [0, 0.05) is 77.0 Å². The van der Waals surface area contributed by atoms with Crippen molar-refractivity contribution in [1.82, 2.24) is 44.0 Å². The lowest BCUT2D eigenvalue weighted by Crippen LogP contribution is -2.52. The summed E-state index contributed by atoms with van der Waals surface area (Å²) in [5.41, 5.74) is -1.07. The van der Waals surface area contributed by atoms with Gasteiger partial charge in [-0.1, -0.05) is 48.5 Å². The summed E-state index contributed by atoms with van der Waals surface area (Å²) in [4.78, 5) is 85.2. The molecule has 0 amide bonds. The minimum absolute atomic E-state index is 0.0474. The number of rotatable bonds is 20. The Morgan fingerprint density at radius 1 is 0.470 bits per heavy atom. The van der Waals surface area contributed by atoms with Gasteiger partial charge in [0.2, 0.25) is 12.2 Å². The van der Waals surface area contributed by atoms with Gasteiger partial charge in [0.05, 0.1) is 101 Å². The van der Waals surface area contributed by atoms with Gasteiger partial charge in [0.15, 0.2) is 23.1 Å². The lowest BCUT2D eigenvalue weighted by atomic mass is 9.48. The number of nitrogens with zero attached hydrogens (tertiary/aromatic N) is 11. The third-order valence-corrected chi connectivity index (χ3v) is 43.0. The molecule has 4 N–H and O–H groups in total. The van der Waals surface area contributed by atoms with Gasteiger partial charge in [-0.25, -0.2) is 9.64 Å². The van der Waals surface area contributed by atoms with Crippen LogP contribution in [0.2, 0.25) is 0 Å². The van der Waals surface area contributed by atoms with Crippen molar-refractivity contribution in [3.8, 4) is 0 Å². The molecule has 740 valence electrons. The van der Waals surface area contributed by atoms with Gasteiger partial charge < -0.3 is 30.1 Å². The Labute approximate surface area is 805 Å². The normalized spacial score (nSPS) is 44.3. The molecule has 0 radical (unpaired) electrons. The average Bonchev–Trinajstić information content (AvgIpc) is 1.56. The highest BCUT2D eigenvalue weighted by Crippen LogP contribution is 2.72. The van der Waals surface area contributed by atoms with Crippen molar-refractivity contribution in [2.75, 3.05) is 46.3 Å². The van der Waals surface area contributed by atoms with Crippen molar-refractivity contribution in [3.05, 3.63) is 76.7 Å². The van der Waals surface area contributed by atoms with E-state index in [1.807, 2.05) is 70.0 Å². The zero-order chi connectivity index (χ0) is 95.6. The zero-order valence-electron chi connectivity index (χ0n) is 83.6. The van der Waals surface area contributed by atoms with Crippen LogP contribution in [0.15, 0.2) is 59.4 Å². The van der Waals surface area contributed by atoms with Crippen molar-refractivity contribution in [3.63, 3.8) is 0 Å². The van der Waals surface area contributed by atoms with Gasteiger partial charge in [0.1, 0.15) is 6.61 Å². The topological polar surface area (TPSA) is 315 Å². The molecule has 16 saturated carbocycles. The summed E-state index contributed by atoms with van der Waals surface area (Å²) >= 11 is 1.68. The highest BCUT2D eigenvalue weighted by Gasteiger charge is 2.67. The van der Waals surface area contributed by atoms with E-state index in [2.05, 4.69) is 73.7 Å². The Kier molecular flexibility index (Phi) is 28.9. The van der Waals surface area contributed by atoms with Crippen LogP contribution in [-0.4, -0.2) is 171 Å². The number of ketones is 4. The van der Waals surface area contributed by atoms with E-state index in [-0.39, 0.29) is 99.3 Å². The summed E-state index contributed by atoms with van der Waals surface area (Å²) in [5.74, 6) is 15.8. The SMILES string of the molecule is CSc1cnn(CC(=O)[C@H]2C[C@@H](C)[C@H]3[C@@H]4CC[C@@H]5C[C@](C)(O)CC[C@@H]5[C@H]4CC[C@@]32C)c1.C[C@@H]1C[C@H](C(=O)Cn2cc(C(=O)OCCN(C)C)cn2)[C@@]2(C)CC[C@H]3[C@@H](CC[C@@H]4C[C@](C)(O)CC[C@@H]43)[C@H]12.C[C@@H]1C[C@H](C(=O)Cn2cc(S(C)=O)cn2)[C@@]2(C)CC[C@H]3[C@@H](CC[C@@H]4C[C@](C)(O)CC[C@@H]43)[C@H]12.[C-]#[N+]c1cnn(CC(=O)[C@H]2CC(C[N+](=O)[O-])[C@H]3[C@@H]4CC[C@@H]5C[C@](C)(O)CC[C@@H]5[C@H]4CC[C@]23C)c1. The summed E-state index contributed by atoms with van der Waals surface area (Å²) in [6.07, 6.45) is 52.0. The number of likely N-dealkylation sites (N-methyl/N-ethyl adjacent to an activating group) is 1. The minimum atomic E-state index is -1.07. The first-order chi connectivity index (χ1) is 63.4. The van der Waals surface area contributed by atoms with Crippen LogP contribution in [-0.2, 0) is 60.9 Å².